The number of esters is 1. The number of fused-ring (bicyclic) bond motifs is 2. The minimum Gasteiger partial charge on any atom is -0.466 e. The summed E-state index contributed by atoms with van der Waals surface area (Å²) >= 11 is 0. The van der Waals surface area contributed by atoms with Crippen molar-refractivity contribution in [3.63, 3.8) is 0 Å². The highest BCUT2D eigenvalue weighted by Crippen LogP contribution is 2.48. The molecule has 19 heavy (non-hydrogen) atoms. The summed E-state index contributed by atoms with van der Waals surface area (Å²) in [5, 5.41) is 0. The van der Waals surface area contributed by atoms with Crippen LogP contribution in [0.3, 0.4) is 0 Å². The first-order valence-corrected chi connectivity index (χ1v) is 8.15. The Labute approximate surface area is 116 Å². The quantitative estimate of drug-likeness (QED) is 0.732. The summed E-state index contributed by atoms with van der Waals surface area (Å²) in [6.45, 7) is 5.77. The maximum Gasteiger partial charge on any atom is 0.310 e. The molecule has 3 fully saturated rings. The number of ether oxygens (including phenoxy) is 1. The summed E-state index contributed by atoms with van der Waals surface area (Å²) in [5.74, 6) is 3.10. The molecule has 2 aliphatic carbocycles. The number of hydrogen-bond donors (Lipinski definition) is 0. The second-order valence-corrected chi connectivity index (χ2v) is 6.79. The van der Waals surface area contributed by atoms with Gasteiger partial charge >= 0.3 is 5.97 Å². The fourth-order valence-electron chi connectivity index (χ4n) is 4.61. The largest absolute Gasteiger partial charge is 0.466 e. The predicted molar refractivity (Wildman–Crippen MR) is 74.7 cm³/mol. The Balaban J connectivity index is 1.50. The van der Waals surface area contributed by atoms with Crippen molar-refractivity contribution in [3.8, 4) is 0 Å². The van der Waals surface area contributed by atoms with Crippen molar-refractivity contribution in [2.24, 2.45) is 23.7 Å². The molecule has 3 rings (SSSR count). The molecule has 0 radical (unpaired) electrons. The van der Waals surface area contributed by atoms with E-state index in [-0.39, 0.29) is 11.9 Å². The second kappa shape index (κ2) is 5.82. The molecule has 0 amide bonds. The maximum absolute atomic E-state index is 11.9. The third-order valence-electron chi connectivity index (χ3n) is 5.50. The summed E-state index contributed by atoms with van der Waals surface area (Å²) in [6.07, 6.45) is 8.05. The van der Waals surface area contributed by atoms with E-state index in [9.17, 15) is 4.79 Å². The zero-order valence-corrected chi connectivity index (χ0v) is 12.1. The Morgan fingerprint density at radius 1 is 1.26 bits per heavy atom. The Morgan fingerprint density at radius 2 is 2.16 bits per heavy atom. The fraction of sp³-hybridized carbons (Fsp3) is 0.938. The molecular formula is C16H27NO2. The number of carbonyl (C=O) groups excluding carboxylic acids is 1. The van der Waals surface area contributed by atoms with Gasteiger partial charge < -0.3 is 9.64 Å². The van der Waals surface area contributed by atoms with E-state index in [1.807, 2.05) is 6.92 Å². The molecule has 0 aromatic heterocycles. The third-order valence-corrected chi connectivity index (χ3v) is 5.50. The Kier molecular flexibility index (Phi) is 4.11. The van der Waals surface area contributed by atoms with Crippen molar-refractivity contribution in [2.75, 3.05) is 26.2 Å². The van der Waals surface area contributed by atoms with Gasteiger partial charge in [-0.25, -0.2) is 0 Å². The monoisotopic (exact) mass is 265 g/mol. The number of piperidine rings is 1. The van der Waals surface area contributed by atoms with Crippen LogP contribution >= 0.6 is 0 Å². The topological polar surface area (TPSA) is 29.5 Å². The van der Waals surface area contributed by atoms with E-state index < -0.39 is 0 Å². The van der Waals surface area contributed by atoms with Crippen molar-refractivity contribution in [1.82, 2.24) is 4.90 Å². The minimum absolute atomic E-state index is 0.0279. The molecule has 4 atom stereocenters. The Bertz CT molecular complexity index is 331. The minimum atomic E-state index is 0.0279. The first-order chi connectivity index (χ1) is 9.26. The van der Waals surface area contributed by atoms with Crippen molar-refractivity contribution >= 4 is 5.97 Å². The highest BCUT2D eigenvalue weighted by atomic mass is 16.5. The van der Waals surface area contributed by atoms with Crippen molar-refractivity contribution < 1.29 is 9.53 Å². The molecule has 1 saturated heterocycles. The summed E-state index contributed by atoms with van der Waals surface area (Å²) in [7, 11) is 0. The lowest BCUT2D eigenvalue weighted by molar-refractivity contribution is -0.150. The van der Waals surface area contributed by atoms with Crippen LogP contribution in [0.4, 0.5) is 0 Å². The van der Waals surface area contributed by atoms with Gasteiger partial charge in [-0.05, 0) is 63.3 Å². The molecule has 0 spiro atoms. The van der Waals surface area contributed by atoms with Crippen LogP contribution < -0.4 is 0 Å². The zero-order valence-electron chi connectivity index (χ0n) is 12.1. The lowest BCUT2D eigenvalue weighted by atomic mass is 9.87. The standard InChI is InChI=1S/C16H27NO2/c1-2-19-16(18)14-4-3-7-17(10-14)11-15-9-12-5-6-13(15)8-12/h12-15H,2-11H2,1H3/t12?,13?,14-,15?/m1/s1. The van der Waals surface area contributed by atoms with E-state index in [0.717, 1.165) is 37.1 Å². The van der Waals surface area contributed by atoms with Crippen LogP contribution in [0.15, 0.2) is 0 Å². The molecule has 1 heterocycles. The van der Waals surface area contributed by atoms with Crippen LogP contribution in [0.1, 0.15) is 45.4 Å². The van der Waals surface area contributed by atoms with Gasteiger partial charge in [0.2, 0.25) is 0 Å². The summed E-state index contributed by atoms with van der Waals surface area (Å²) in [4.78, 5) is 14.4. The van der Waals surface area contributed by atoms with Gasteiger partial charge in [-0.15, -0.1) is 0 Å². The number of nitrogens with zero attached hydrogens (tertiary/aromatic N) is 1. The Hall–Kier alpha value is -0.570. The number of likely N-dealkylation sites (tertiary alicyclic amines) is 1. The average molecular weight is 265 g/mol. The van der Waals surface area contributed by atoms with Crippen LogP contribution in [0.5, 0.6) is 0 Å². The molecule has 2 saturated carbocycles. The van der Waals surface area contributed by atoms with Crippen LogP contribution in [0.25, 0.3) is 0 Å². The molecule has 3 nitrogen and oxygen atoms in total. The molecule has 2 bridgehead atoms. The van der Waals surface area contributed by atoms with Gasteiger partial charge in [-0.1, -0.05) is 6.42 Å². The number of carbonyl (C=O) groups is 1. The van der Waals surface area contributed by atoms with Crippen LogP contribution in [0, 0.1) is 23.7 Å². The molecule has 0 aromatic carbocycles. The van der Waals surface area contributed by atoms with Crippen LogP contribution in [0.2, 0.25) is 0 Å². The van der Waals surface area contributed by atoms with E-state index in [2.05, 4.69) is 4.90 Å². The van der Waals surface area contributed by atoms with Gasteiger partial charge in [0.25, 0.3) is 0 Å². The smallest absolute Gasteiger partial charge is 0.310 e. The summed E-state index contributed by atoms with van der Waals surface area (Å²) in [6, 6.07) is 0. The summed E-state index contributed by atoms with van der Waals surface area (Å²) < 4.78 is 5.18. The maximum atomic E-state index is 11.9. The van der Waals surface area contributed by atoms with E-state index in [4.69, 9.17) is 4.74 Å². The van der Waals surface area contributed by atoms with E-state index in [1.165, 1.54) is 38.8 Å². The van der Waals surface area contributed by atoms with Gasteiger partial charge in [0, 0.05) is 13.1 Å². The molecular weight excluding hydrogens is 238 g/mol. The number of hydrogen-bond acceptors (Lipinski definition) is 3. The molecule has 3 unspecified atom stereocenters. The van der Waals surface area contributed by atoms with Crippen molar-refractivity contribution in [3.05, 3.63) is 0 Å². The Morgan fingerprint density at radius 3 is 2.84 bits per heavy atom. The van der Waals surface area contributed by atoms with Gasteiger partial charge in [-0.3, -0.25) is 4.79 Å². The van der Waals surface area contributed by atoms with Crippen LogP contribution in [-0.2, 0) is 9.53 Å². The third kappa shape index (κ3) is 2.96. The van der Waals surface area contributed by atoms with E-state index in [1.54, 1.807) is 0 Å². The average Bonchev–Trinajstić information content (AvgIpc) is 3.02. The molecule has 108 valence electrons. The second-order valence-electron chi connectivity index (χ2n) is 6.79. The van der Waals surface area contributed by atoms with Crippen molar-refractivity contribution in [2.45, 2.75) is 45.4 Å². The first-order valence-electron chi connectivity index (χ1n) is 8.15. The van der Waals surface area contributed by atoms with E-state index in [0.29, 0.717) is 6.61 Å². The van der Waals surface area contributed by atoms with E-state index >= 15 is 0 Å². The highest BCUT2D eigenvalue weighted by Gasteiger charge is 2.40. The normalized spacial score (nSPS) is 38.6. The summed E-state index contributed by atoms with van der Waals surface area (Å²) in [5.41, 5.74) is 0. The predicted octanol–water partition coefficient (Wildman–Crippen LogP) is 2.70. The zero-order chi connectivity index (χ0) is 13.2. The molecule has 0 N–H and O–H groups in total. The molecule has 0 aromatic rings. The van der Waals surface area contributed by atoms with Gasteiger partial charge in [0.15, 0.2) is 0 Å². The number of rotatable bonds is 4. The SMILES string of the molecule is CCOC(=O)[C@@H]1CCCN(CC2CC3CCC2C3)C1. The van der Waals surface area contributed by atoms with Gasteiger partial charge in [-0.2, -0.15) is 0 Å². The fourth-order valence-corrected chi connectivity index (χ4v) is 4.61. The van der Waals surface area contributed by atoms with Crippen LogP contribution in [-0.4, -0.2) is 37.1 Å². The lowest BCUT2D eigenvalue weighted by Crippen LogP contribution is -2.42. The first kappa shape index (κ1) is 13.4. The molecule has 3 aliphatic rings. The van der Waals surface area contributed by atoms with Gasteiger partial charge in [0.1, 0.15) is 0 Å². The molecule has 1 aliphatic heterocycles. The lowest BCUT2D eigenvalue weighted by Gasteiger charge is -2.35. The van der Waals surface area contributed by atoms with Gasteiger partial charge in [0.05, 0.1) is 12.5 Å². The molecule has 3 heteroatoms. The van der Waals surface area contributed by atoms with Crippen molar-refractivity contribution in [1.29, 1.82) is 0 Å². The highest BCUT2D eigenvalue weighted by molar-refractivity contribution is 5.72.